The van der Waals surface area contributed by atoms with E-state index in [9.17, 15) is 27.6 Å². The summed E-state index contributed by atoms with van der Waals surface area (Å²) in [6.07, 6.45) is 2.28. The largest absolute Gasteiger partial charge is 0.494 e. The molecule has 0 radical (unpaired) electrons. The van der Waals surface area contributed by atoms with Gasteiger partial charge >= 0.3 is 6.18 Å². The van der Waals surface area contributed by atoms with Crippen molar-refractivity contribution in [2.24, 2.45) is 10.8 Å². The minimum Gasteiger partial charge on any atom is -0.494 e. The van der Waals surface area contributed by atoms with Crippen molar-refractivity contribution in [2.45, 2.75) is 51.1 Å². The number of benzene rings is 1. The fourth-order valence-corrected chi connectivity index (χ4v) is 6.21. The van der Waals surface area contributed by atoms with Crippen LogP contribution in [0.3, 0.4) is 0 Å². The number of carbonyl (C=O) groups excluding carboxylic acids is 3. The van der Waals surface area contributed by atoms with Crippen LogP contribution in [0.2, 0.25) is 0 Å². The lowest BCUT2D eigenvalue weighted by Crippen LogP contribution is -2.52. The molecular formula is C30H36F3N5O4. The SMILES string of the molecule is CN1CC2(CCCN(C(=O)c3cnccn3)CCCOc3cccc(c3)C1=O)CCN(C(=O)C1(C(F)(F)F)CC1)CC2. The van der Waals surface area contributed by atoms with Crippen molar-refractivity contribution in [1.82, 2.24) is 24.7 Å². The molecule has 1 spiro atoms. The zero-order valence-corrected chi connectivity index (χ0v) is 23.7. The van der Waals surface area contributed by atoms with Gasteiger partial charge in [-0.1, -0.05) is 6.07 Å². The van der Waals surface area contributed by atoms with Crippen LogP contribution in [0.25, 0.3) is 0 Å². The van der Waals surface area contributed by atoms with Gasteiger partial charge in [-0.2, -0.15) is 13.2 Å². The molecule has 2 fully saturated rings. The average molecular weight is 588 g/mol. The molecule has 0 N–H and O–H groups in total. The van der Waals surface area contributed by atoms with Crippen LogP contribution < -0.4 is 4.74 Å². The molecule has 0 atom stereocenters. The monoisotopic (exact) mass is 587 g/mol. The van der Waals surface area contributed by atoms with Gasteiger partial charge in [-0.15, -0.1) is 0 Å². The number of nitrogens with zero attached hydrogens (tertiary/aromatic N) is 5. The molecule has 1 aliphatic carbocycles. The number of hydrogen-bond donors (Lipinski definition) is 0. The highest BCUT2D eigenvalue weighted by Crippen LogP contribution is 2.59. The van der Waals surface area contributed by atoms with Crippen LogP contribution in [0.15, 0.2) is 42.9 Å². The summed E-state index contributed by atoms with van der Waals surface area (Å²) in [6.45, 7) is 1.99. The van der Waals surface area contributed by atoms with E-state index in [0.717, 1.165) is 0 Å². The minimum atomic E-state index is -4.55. The Balaban J connectivity index is 1.36. The van der Waals surface area contributed by atoms with E-state index in [2.05, 4.69) is 9.97 Å². The Morgan fingerprint density at radius 1 is 0.952 bits per heavy atom. The number of fused-ring (bicyclic) bond motifs is 2. The van der Waals surface area contributed by atoms with Crippen LogP contribution in [0.4, 0.5) is 13.2 Å². The molecule has 226 valence electrons. The highest BCUT2D eigenvalue weighted by Gasteiger charge is 2.69. The molecule has 42 heavy (non-hydrogen) atoms. The first kappa shape index (κ1) is 29.8. The molecule has 5 rings (SSSR count). The van der Waals surface area contributed by atoms with Crippen molar-refractivity contribution < 1.29 is 32.3 Å². The number of carbonyl (C=O) groups is 3. The third kappa shape index (κ3) is 6.22. The number of alkyl halides is 3. The molecule has 3 aliphatic rings. The number of likely N-dealkylation sites (tertiary alicyclic amines) is 1. The Bertz CT molecular complexity index is 1290. The second-order valence-corrected chi connectivity index (χ2v) is 11.7. The van der Waals surface area contributed by atoms with E-state index in [1.165, 1.54) is 23.5 Å². The maximum absolute atomic E-state index is 13.7. The summed E-state index contributed by atoms with van der Waals surface area (Å²) in [6, 6.07) is 6.96. The third-order valence-corrected chi connectivity index (χ3v) is 8.86. The lowest BCUT2D eigenvalue weighted by atomic mass is 9.74. The van der Waals surface area contributed by atoms with E-state index in [-0.39, 0.29) is 43.4 Å². The van der Waals surface area contributed by atoms with Crippen molar-refractivity contribution >= 4 is 17.7 Å². The lowest BCUT2D eigenvalue weighted by molar-refractivity contribution is -0.199. The van der Waals surface area contributed by atoms with E-state index in [1.54, 1.807) is 41.1 Å². The van der Waals surface area contributed by atoms with Gasteiger partial charge in [0, 0.05) is 57.7 Å². The Morgan fingerprint density at radius 3 is 2.36 bits per heavy atom. The van der Waals surface area contributed by atoms with Crippen LogP contribution in [0, 0.1) is 10.8 Å². The normalized spacial score (nSPS) is 21.2. The summed E-state index contributed by atoms with van der Waals surface area (Å²) < 4.78 is 46.9. The highest BCUT2D eigenvalue weighted by atomic mass is 19.4. The van der Waals surface area contributed by atoms with Gasteiger partial charge in [-0.05, 0) is 68.6 Å². The van der Waals surface area contributed by atoms with Crippen molar-refractivity contribution in [2.75, 3.05) is 46.4 Å². The summed E-state index contributed by atoms with van der Waals surface area (Å²) in [5.41, 5.74) is -1.94. The van der Waals surface area contributed by atoms with Gasteiger partial charge < -0.3 is 19.4 Å². The Hall–Kier alpha value is -3.70. The Labute approximate surface area is 243 Å². The molecule has 1 saturated carbocycles. The third-order valence-electron chi connectivity index (χ3n) is 8.86. The zero-order valence-electron chi connectivity index (χ0n) is 23.7. The maximum Gasteiger partial charge on any atom is 0.403 e. The van der Waals surface area contributed by atoms with Gasteiger partial charge in [0.25, 0.3) is 11.8 Å². The van der Waals surface area contributed by atoms with E-state index in [1.807, 2.05) is 0 Å². The number of ether oxygens (including phenoxy) is 1. The fraction of sp³-hybridized carbons (Fsp3) is 0.567. The number of aromatic nitrogens is 2. The van der Waals surface area contributed by atoms with E-state index in [4.69, 9.17) is 4.74 Å². The molecule has 1 aromatic carbocycles. The summed E-state index contributed by atoms with van der Waals surface area (Å²) >= 11 is 0. The predicted octanol–water partition coefficient (Wildman–Crippen LogP) is 4.21. The molecule has 0 unspecified atom stereocenters. The van der Waals surface area contributed by atoms with Gasteiger partial charge in [0.1, 0.15) is 16.9 Å². The van der Waals surface area contributed by atoms with Crippen molar-refractivity contribution in [3.8, 4) is 5.75 Å². The molecule has 3 heterocycles. The van der Waals surface area contributed by atoms with E-state index < -0.39 is 22.9 Å². The number of amides is 3. The molecule has 2 aliphatic heterocycles. The van der Waals surface area contributed by atoms with Crippen molar-refractivity contribution in [3.05, 3.63) is 54.1 Å². The lowest BCUT2D eigenvalue weighted by Gasteiger charge is -2.45. The van der Waals surface area contributed by atoms with Crippen molar-refractivity contribution in [1.29, 1.82) is 0 Å². The van der Waals surface area contributed by atoms with Gasteiger partial charge in [-0.25, -0.2) is 4.98 Å². The molecule has 2 aromatic rings. The predicted molar refractivity (Wildman–Crippen MR) is 147 cm³/mol. The molecule has 12 heteroatoms. The Kier molecular flexibility index (Phi) is 8.43. The zero-order chi connectivity index (χ0) is 30.0. The average Bonchev–Trinajstić information content (AvgIpc) is 3.81. The smallest absolute Gasteiger partial charge is 0.403 e. The molecule has 3 amide bonds. The number of hydrogen-bond acceptors (Lipinski definition) is 6. The quantitative estimate of drug-likeness (QED) is 0.523. The maximum atomic E-state index is 13.7. The Morgan fingerprint density at radius 2 is 1.69 bits per heavy atom. The molecule has 9 nitrogen and oxygen atoms in total. The first-order chi connectivity index (χ1) is 20.0. The summed E-state index contributed by atoms with van der Waals surface area (Å²) in [4.78, 5) is 52.6. The summed E-state index contributed by atoms with van der Waals surface area (Å²) in [7, 11) is 1.72. The van der Waals surface area contributed by atoms with Gasteiger partial charge in [-0.3, -0.25) is 19.4 Å². The molecule has 1 aromatic heterocycles. The van der Waals surface area contributed by atoms with Crippen LogP contribution in [0.5, 0.6) is 5.75 Å². The number of piperidine rings is 1. The highest BCUT2D eigenvalue weighted by molar-refractivity contribution is 5.94. The molecule has 2 bridgehead atoms. The molecule has 1 saturated heterocycles. The van der Waals surface area contributed by atoms with Gasteiger partial charge in [0.15, 0.2) is 0 Å². The minimum absolute atomic E-state index is 0.160. The van der Waals surface area contributed by atoms with E-state index >= 15 is 0 Å². The van der Waals surface area contributed by atoms with Crippen molar-refractivity contribution in [3.63, 3.8) is 0 Å². The van der Waals surface area contributed by atoms with Crippen LogP contribution in [0.1, 0.15) is 65.8 Å². The number of halogens is 3. The first-order valence-corrected chi connectivity index (χ1v) is 14.4. The van der Waals surface area contributed by atoms with Crippen LogP contribution >= 0.6 is 0 Å². The fourth-order valence-electron chi connectivity index (χ4n) is 6.21. The van der Waals surface area contributed by atoms with E-state index in [0.29, 0.717) is 69.7 Å². The molecular weight excluding hydrogens is 551 g/mol. The summed E-state index contributed by atoms with van der Waals surface area (Å²) in [5.74, 6) is -0.695. The topological polar surface area (TPSA) is 95.9 Å². The van der Waals surface area contributed by atoms with Gasteiger partial charge in [0.2, 0.25) is 5.91 Å². The second-order valence-electron chi connectivity index (χ2n) is 11.7. The van der Waals surface area contributed by atoms with Crippen LogP contribution in [-0.2, 0) is 4.79 Å². The standard InChI is InChI=1S/C30H36F3N5O4/c1-36-21-28(10-16-38(17-11-28)27(41)29(8-9-29)30(31,32)33)7-3-14-37(26(40)24-20-34-12-13-35-24)15-4-18-42-23-6-2-5-22(19-23)25(36)39/h2,5-6,12-13,19-20H,3-4,7-11,14-18,21H2,1H3. The first-order valence-electron chi connectivity index (χ1n) is 14.4. The van der Waals surface area contributed by atoms with Crippen LogP contribution in [-0.4, -0.2) is 94.9 Å². The summed E-state index contributed by atoms with van der Waals surface area (Å²) in [5, 5.41) is 0. The second kappa shape index (κ2) is 11.9. The van der Waals surface area contributed by atoms with Gasteiger partial charge in [0.05, 0.1) is 12.8 Å². The number of rotatable bonds is 2.